The highest BCUT2D eigenvalue weighted by molar-refractivity contribution is 5.76. The first kappa shape index (κ1) is 22.9. The number of carbonyl (C=O) groups excluding carboxylic acids is 1. The quantitative estimate of drug-likeness (QED) is 0.388. The van der Waals surface area contributed by atoms with E-state index >= 15 is 0 Å². The van der Waals surface area contributed by atoms with Crippen LogP contribution in [-0.4, -0.2) is 76.2 Å². The lowest BCUT2D eigenvalue weighted by molar-refractivity contribution is -0.129. The van der Waals surface area contributed by atoms with Crippen molar-refractivity contribution in [2.45, 2.75) is 44.7 Å². The van der Waals surface area contributed by atoms with Crippen LogP contribution in [0, 0.1) is 12.3 Å². The summed E-state index contributed by atoms with van der Waals surface area (Å²) in [4.78, 5) is 16.5. The zero-order chi connectivity index (χ0) is 22.3. The molecule has 1 aromatic rings. The van der Waals surface area contributed by atoms with Crippen LogP contribution in [0.4, 0.5) is 5.69 Å². The lowest BCUT2D eigenvalue weighted by Gasteiger charge is -2.27. The van der Waals surface area contributed by atoms with E-state index in [1.54, 1.807) is 6.92 Å². The van der Waals surface area contributed by atoms with E-state index in [1.165, 1.54) is 36.1 Å². The first-order valence-corrected chi connectivity index (χ1v) is 11.7. The van der Waals surface area contributed by atoms with E-state index in [9.17, 15) is 4.79 Å². The summed E-state index contributed by atoms with van der Waals surface area (Å²) in [7, 11) is 0. The van der Waals surface area contributed by atoms with E-state index in [-0.39, 0.29) is 5.91 Å². The maximum Gasteiger partial charge on any atom is 0.219 e. The molecule has 2 unspecified atom stereocenters. The van der Waals surface area contributed by atoms with Crippen molar-refractivity contribution in [3.63, 3.8) is 0 Å². The number of anilines is 1. The number of rotatable bonds is 11. The number of amides is 1. The van der Waals surface area contributed by atoms with Gasteiger partial charge in [0.05, 0.1) is 33.0 Å². The van der Waals surface area contributed by atoms with E-state index in [0.29, 0.717) is 64.8 Å². The SMILES string of the molecule is C#CCOCCOCCOCCOc1ccc2c3c1C1CCCC1N3CCN(C(C)=O)C2. The van der Waals surface area contributed by atoms with Gasteiger partial charge in [0.2, 0.25) is 5.91 Å². The molecule has 1 saturated carbocycles. The van der Waals surface area contributed by atoms with Gasteiger partial charge in [-0.15, -0.1) is 6.42 Å². The molecule has 0 bridgehead atoms. The molecule has 2 heterocycles. The predicted octanol–water partition coefficient (Wildman–Crippen LogP) is 2.57. The molecule has 7 heteroatoms. The number of hydrogen-bond donors (Lipinski definition) is 0. The van der Waals surface area contributed by atoms with Crippen LogP contribution in [-0.2, 0) is 25.5 Å². The Morgan fingerprint density at radius 2 is 1.81 bits per heavy atom. The van der Waals surface area contributed by atoms with Gasteiger partial charge in [-0.2, -0.15) is 0 Å². The molecule has 32 heavy (non-hydrogen) atoms. The third-order valence-electron chi connectivity index (χ3n) is 6.63. The summed E-state index contributed by atoms with van der Waals surface area (Å²) < 4.78 is 22.4. The second-order valence-corrected chi connectivity index (χ2v) is 8.55. The van der Waals surface area contributed by atoms with Gasteiger partial charge < -0.3 is 28.7 Å². The van der Waals surface area contributed by atoms with Crippen molar-refractivity contribution >= 4 is 11.6 Å². The monoisotopic (exact) mass is 442 g/mol. The minimum atomic E-state index is 0.143. The summed E-state index contributed by atoms with van der Waals surface area (Å²) in [5, 5.41) is 0. The van der Waals surface area contributed by atoms with E-state index < -0.39 is 0 Å². The topological polar surface area (TPSA) is 60.5 Å². The standard InChI is InChI=1S/C25H34N2O5/c1-3-11-29-12-13-30-14-15-31-16-17-32-23-8-7-20-18-26(19(2)28)9-10-27-22-6-4-5-21(22)24(23)25(20)27/h1,7-8,21-22H,4-6,9-18H2,2H3. The van der Waals surface area contributed by atoms with Gasteiger partial charge in [-0.1, -0.05) is 18.4 Å². The zero-order valence-corrected chi connectivity index (χ0v) is 19.0. The van der Waals surface area contributed by atoms with Crippen LogP contribution < -0.4 is 9.64 Å². The Morgan fingerprint density at radius 1 is 1.06 bits per heavy atom. The van der Waals surface area contributed by atoms with Crippen LogP contribution in [0.5, 0.6) is 5.75 Å². The summed E-state index contributed by atoms with van der Waals surface area (Å²) in [6.07, 6.45) is 8.80. The highest BCUT2D eigenvalue weighted by atomic mass is 16.6. The number of hydrogen-bond acceptors (Lipinski definition) is 6. The molecule has 2 atom stereocenters. The van der Waals surface area contributed by atoms with E-state index in [0.717, 1.165) is 18.8 Å². The minimum absolute atomic E-state index is 0.143. The normalized spacial score (nSPS) is 21.1. The highest BCUT2D eigenvalue weighted by Gasteiger charge is 2.45. The van der Waals surface area contributed by atoms with Crippen molar-refractivity contribution in [2.24, 2.45) is 0 Å². The third-order valence-corrected chi connectivity index (χ3v) is 6.63. The zero-order valence-electron chi connectivity index (χ0n) is 19.0. The molecule has 0 N–H and O–H groups in total. The molecule has 2 aliphatic heterocycles. The Labute approximate surface area is 190 Å². The lowest BCUT2D eigenvalue weighted by atomic mass is 9.94. The number of ether oxygens (including phenoxy) is 4. The van der Waals surface area contributed by atoms with Crippen molar-refractivity contribution in [1.29, 1.82) is 0 Å². The van der Waals surface area contributed by atoms with Gasteiger partial charge in [0.15, 0.2) is 0 Å². The van der Waals surface area contributed by atoms with E-state index in [4.69, 9.17) is 25.4 Å². The van der Waals surface area contributed by atoms with Gasteiger partial charge in [-0.05, 0) is 24.5 Å². The van der Waals surface area contributed by atoms with E-state index in [2.05, 4.69) is 23.0 Å². The summed E-state index contributed by atoms with van der Waals surface area (Å²) in [5.41, 5.74) is 3.92. The fraction of sp³-hybridized carbons (Fsp3) is 0.640. The average Bonchev–Trinajstić information content (AvgIpc) is 3.31. The molecule has 3 aliphatic rings. The van der Waals surface area contributed by atoms with Crippen molar-refractivity contribution in [1.82, 2.24) is 4.90 Å². The molecule has 0 spiro atoms. The Hall–Kier alpha value is -2.27. The van der Waals surface area contributed by atoms with Gasteiger partial charge in [-0.3, -0.25) is 4.79 Å². The van der Waals surface area contributed by atoms with Crippen LogP contribution in [0.2, 0.25) is 0 Å². The van der Waals surface area contributed by atoms with Crippen molar-refractivity contribution in [2.75, 3.05) is 64.2 Å². The van der Waals surface area contributed by atoms with Crippen LogP contribution in [0.15, 0.2) is 12.1 Å². The van der Waals surface area contributed by atoms with Gasteiger partial charge >= 0.3 is 0 Å². The molecule has 7 nitrogen and oxygen atoms in total. The Balaban J connectivity index is 1.30. The molecule has 1 aliphatic carbocycles. The second kappa shape index (κ2) is 11.0. The maximum absolute atomic E-state index is 12.0. The number of carbonyl (C=O) groups is 1. The number of nitrogens with zero attached hydrogens (tertiary/aromatic N) is 2. The Morgan fingerprint density at radius 3 is 2.56 bits per heavy atom. The molecule has 1 aromatic carbocycles. The number of benzene rings is 1. The van der Waals surface area contributed by atoms with Gasteiger partial charge in [-0.25, -0.2) is 0 Å². The lowest BCUT2D eigenvalue weighted by Crippen LogP contribution is -2.37. The van der Waals surface area contributed by atoms with Gasteiger partial charge in [0.25, 0.3) is 0 Å². The van der Waals surface area contributed by atoms with Crippen molar-refractivity contribution in [3.05, 3.63) is 23.3 Å². The molecule has 0 saturated heterocycles. The van der Waals surface area contributed by atoms with Gasteiger partial charge in [0.1, 0.15) is 19.0 Å². The third kappa shape index (κ3) is 5.03. The molecule has 1 fully saturated rings. The average molecular weight is 443 g/mol. The smallest absolute Gasteiger partial charge is 0.219 e. The minimum Gasteiger partial charge on any atom is -0.491 e. The van der Waals surface area contributed by atoms with Crippen molar-refractivity contribution in [3.8, 4) is 18.1 Å². The predicted molar refractivity (Wildman–Crippen MR) is 122 cm³/mol. The Kier molecular flexibility index (Phi) is 7.90. The second-order valence-electron chi connectivity index (χ2n) is 8.55. The maximum atomic E-state index is 12.0. The number of fused-ring (bicyclic) bond motifs is 3. The molecule has 174 valence electrons. The summed E-state index contributed by atoms with van der Waals surface area (Å²) in [6, 6.07) is 4.77. The van der Waals surface area contributed by atoms with Crippen molar-refractivity contribution < 1.29 is 23.7 Å². The van der Waals surface area contributed by atoms with Crippen LogP contribution in [0.1, 0.15) is 43.2 Å². The summed E-state index contributed by atoms with van der Waals surface area (Å²) in [5.74, 6) is 4.08. The fourth-order valence-electron chi connectivity index (χ4n) is 5.24. The molecule has 1 amide bonds. The Bertz CT molecular complexity index is 836. The molecule has 4 rings (SSSR count). The van der Waals surface area contributed by atoms with Crippen LogP contribution in [0.3, 0.4) is 0 Å². The largest absolute Gasteiger partial charge is 0.491 e. The first-order valence-electron chi connectivity index (χ1n) is 11.7. The highest BCUT2D eigenvalue weighted by Crippen LogP contribution is 2.54. The summed E-state index contributed by atoms with van der Waals surface area (Å²) in [6.45, 7) is 7.44. The summed E-state index contributed by atoms with van der Waals surface area (Å²) >= 11 is 0. The molecular weight excluding hydrogens is 408 g/mol. The molecule has 0 aromatic heterocycles. The van der Waals surface area contributed by atoms with Crippen LogP contribution >= 0.6 is 0 Å². The molecule has 0 radical (unpaired) electrons. The first-order chi connectivity index (χ1) is 15.7. The number of terminal acetylenes is 1. The fourth-order valence-corrected chi connectivity index (χ4v) is 5.24. The van der Waals surface area contributed by atoms with E-state index in [1.807, 2.05) is 4.90 Å². The molecular formula is C25H34N2O5. The van der Waals surface area contributed by atoms with Gasteiger partial charge in [0, 0.05) is 49.8 Å². The van der Waals surface area contributed by atoms with Crippen LogP contribution in [0.25, 0.3) is 0 Å².